The first kappa shape index (κ1) is 9.22. The smallest absolute Gasteiger partial charge is 0.0468 e. The van der Waals surface area contributed by atoms with Gasteiger partial charge in [0.2, 0.25) is 0 Å². The van der Waals surface area contributed by atoms with E-state index >= 15 is 0 Å². The lowest BCUT2D eigenvalue weighted by atomic mass is 9.83. The molecule has 2 rings (SSSR count). The van der Waals surface area contributed by atoms with Gasteiger partial charge >= 0.3 is 0 Å². The number of hydrogen-bond acceptors (Lipinski definition) is 2. The third-order valence-electron chi connectivity index (χ3n) is 3.59. The molecule has 0 spiro atoms. The standard InChI is InChI=1S/C11H19NO/c1-12(2)6-10-8-3-4-9(5-8)11(10)7-13/h3-4,8-11,13H,5-7H2,1-2H3/t8-,9+,10-,11+/m1/s1. The van der Waals surface area contributed by atoms with Crippen LogP contribution < -0.4 is 0 Å². The molecule has 0 unspecified atom stereocenters. The van der Waals surface area contributed by atoms with Gasteiger partial charge in [0.15, 0.2) is 0 Å². The molecule has 2 aliphatic carbocycles. The predicted molar refractivity (Wildman–Crippen MR) is 53.4 cm³/mol. The van der Waals surface area contributed by atoms with Crippen LogP contribution in [0.2, 0.25) is 0 Å². The van der Waals surface area contributed by atoms with Crippen molar-refractivity contribution in [1.29, 1.82) is 0 Å². The van der Waals surface area contributed by atoms with Crippen molar-refractivity contribution in [3.05, 3.63) is 12.2 Å². The van der Waals surface area contributed by atoms with E-state index in [-0.39, 0.29) is 0 Å². The van der Waals surface area contributed by atoms with Crippen LogP contribution in [-0.4, -0.2) is 37.3 Å². The Labute approximate surface area is 80.2 Å². The first-order valence-electron chi connectivity index (χ1n) is 5.16. The topological polar surface area (TPSA) is 23.5 Å². The van der Waals surface area contributed by atoms with Gasteiger partial charge in [-0.1, -0.05) is 12.2 Å². The molecule has 2 heteroatoms. The minimum atomic E-state index is 0.365. The molecule has 0 aromatic heterocycles. The summed E-state index contributed by atoms with van der Waals surface area (Å²) in [6.07, 6.45) is 5.94. The SMILES string of the molecule is CN(C)C[C@H]1[C@@H](CO)[C@H]2C=C[C@@H]1C2. The van der Waals surface area contributed by atoms with Crippen LogP contribution in [-0.2, 0) is 0 Å². The molecule has 0 radical (unpaired) electrons. The van der Waals surface area contributed by atoms with Gasteiger partial charge in [0.05, 0.1) is 0 Å². The maximum atomic E-state index is 9.32. The first-order valence-corrected chi connectivity index (χ1v) is 5.16. The summed E-state index contributed by atoms with van der Waals surface area (Å²) < 4.78 is 0. The number of aliphatic hydroxyl groups excluding tert-OH is 1. The van der Waals surface area contributed by atoms with E-state index in [1.807, 2.05) is 0 Å². The number of hydrogen-bond donors (Lipinski definition) is 1. The zero-order valence-electron chi connectivity index (χ0n) is 8.48. The molecular weight excluding hydrogens is 162 g/mol. The van der Waals surface area contributed by atoms with E-state index in [9.17, 15) is 5.11 Å². The van der Waals surface area contributed by atoms with Crippen molar-refractivity contribution in [3.8, 4) is 0 Å². The van der Waals surface area contributed by atoms with E-state index in [0.717, 1.165) is 12.5 Å². The highest BCUT2D eigenvalue weighted by molar-refractivity contribution is 5.13. The molecule has 0 aromatic rings. The van der Waals surface area contributed by atoms with Crippen molar-refractivity contribution in [2.45, 2.75) is 6.42 Å². The lowest BCUT2D eigenvalue weighted by Gasteiger charge is -2.28. The van der Waals surface area contributed by atoms with Gasteiger partial charge in [0.25, 0.3) is 0 Å². The van der Waals surface area contributed by atoms with Crippen LogP contribution in [0.4, 0.5) is 0 Å². The van der Waals surface area contributed by atoms with Gasteiger partial charge in [0, 0.05) is 13.2 Å². The summed E-state index contributed by atoms with van der Waals surface area (Å²) in [5.74, 6) is 2.62. The summed E-state index contributed by atoms with van der Waals surface area (Å²) in [5.41, 5.74) is 0. The van der Waals surface area contributed by atoms with Crippen molar-refractivity contribution in [3.63, 3.8) is 0 Å². The number of allylic oxidation sites excluding steroid dienone is 2. The molecule has 1 N–H and O–H groups in total. The molecule has 74 valence electrons. The largest absolute Gasteiger partial charge is 0.396 e. The Bertz CT molecular complexity index is 212. The second-order valence-electron chi connectivity index (χ2n) is 4.72. The molecule has 0 heterocycles. The fourth-order valence-electron chi connectivity index (χ4n) is 2.99. The zero-order chi connectivity index (χ0) is 9.42. The Balaban J connectivity index is 2.05. The summed E-state index contributed by atoms with van der Waals surface area (Å²) in [6.45, 7) is 1.49. The molecule has 2 bridgehead atoms. The summed E-state index contributed by atoms with van der Waals surface area (Å²) in [5, 5.41) is 9.32. The minimum absolute atomic E-state index is 0.365. The van der Waals surface area contributed by atoms with E-state index in [1.165, 1.54) is 6.42 Å². The molecule has 4 atom stereocenters. The molecule has 0 aliphatic heterocycles. The minimum Gasteiger partial charge on any atom is -0.396 e. The lowest BCUT2D eigenvalue weighted by Crippen LogP contribution is -2.32. The fourth-order valence-corrected chi connectivity index (χ4v) is 2.99. The van der Waals surface area contributed by atoms with Crippen LogP contribution in [0, 0.1) is 23.7 Å². The summed E-state index contributed by atoms with van der Waals surface area (Å²) >= 11 is 0. The molecule has 2 aliphatic rings. The highest BCUT2D eigenvalue weighted by atomic mass is 16.3. The van der Waals surface area contributed by atoms with Crippen LogP contribution in [0.15, 0.2) is 12.2 Å². The van der Waals surface area contributed by atoms with Crippen LogP contribution in [0.3, 0.4) is 0 Å². The Hall–Kier alpha value is -0.340. The Morgan fingerprint density at radius 1 is 1.23 bits per heavy atom. The molecule has 0 saturated heterocycles. The monoisotopic (exact) mass is 181 g/mol. The average molecular weight is 181 g/mol. The third kappa shape index (κ3) is 1.53. The number of fused-ring (bicyclic) bond motifs is 2. The quantitative estimate of drug-likeness (QED) is 0.656. The molecule has 1 fully saturated rings. The second kappa shape index (κ2) is 3.43. The van der Waals surface area contributed by atoms with Crippen LogP contribution in [0.25, 0.3) is 0 Å². The van der Waals surface area contributed by atoms with Gasteiger partial charge in [-0.05, 0) is 44.2 Å². The Morgan fingerprint density at radius 2 is 1.85 bits per heavy atom. The van der Waals surface area contributed by atoms with E-state index < -0.39 is 0 Å². The van der Waals surface area contributed by atoms with Gasteiger partial charge in [-0.3, -0.25) is 0 Å². The molecule has 13 heavy (non-hydrogen) atoms. The Morgan fingerprint density at radius 3 is 2.38 bits per heavy atom. The van der Waals surface area contributed by atoms with Crippen LogP contribution in [0.1, 0.15) is 6.42 Å². The molecule has 0 aromatic carbocycles. The first-order chi connectivity index (χ1) is 6.22. The third-order valence-corrected chi connectivity index (χ3v) is 3.59. The van der Waals surface area contributed by atoms with Gasteiger partial charge in [-0.2, -0.15) is 0 Å². The van der Waals surface area contributed by atoms with E-state index in [4.69, 9.17) is 0 Å². The predicted octanol–water partition coefficient (Wildman–Crippen LogP) is 0.979. The normalized spacial score (nSPS) is 42.2. The molecule has 1 saturated carbocycles. The van der Waals surface area contributed by atoms with Crippen molar-refractivity contribution < 1.29 is 5.11 Å². The maximum absolute atomic E-state index is 9.32. The van der Waals surface area contributed by atoms with Crippen molar-refractivity contribution in [2.24, 2.45) is 23.7 Å². The Kier molecular flexibility index (Phi) is 2.43. The van der Waals surface area contributed by atoms with Gasteiger partial charge < -0.3 is 10.0 Å². The summed E-state index contributed by atoms with van der Waals surface area (Å²) in [6, 6.07) is 0. The van der Waals surface area contributed by atoms with Crippen molar-refractivity contribution in [2.75, 3.05) is 27.2 Å². The lowest BCUT2D eigenvalue weighted by molar-refractivity contribution is 0.143. The molecule has 2 nitrogen and oxygen atoms in total. The van der Waals surface area contributed by atoms with E-state index in [2.05, 4.69) is 31.1 Å². The van der Waals surface area contributed by atoms with E-state index in [0.29, 0.717) is 24.4 Å². The van der Waals surface area contributed by atoms with Gasteiger partial charge in [0.1, 0.15) is 0 Å². The molecular formula is C11H19NO. The second-order valence-corrected chi connectivity index (χ2v) is 4.72. The zero-order valence-corrected chi connectivity index (χ0v) is 8.48. The fraction of sp³-hybridized carbons (Fsp3) is 0.818. The maximum Gasteiger partial charge on any atom is 0.0468 e. The summed E-state index contributed by atoms with van der Waals surface area (Å²) in [7, 11) is 4.23. The van der Waals surface area contributed by atoms with Gasteiger partial charge in [-0.25, -0.2) is 0 Å². The van der Waals surface area contributed by atoms with Gasteiger partial charge in [-0.15, -0.1) is 0 Å². The highest BCUT2D eigenvalue weighted by Gasteiger charge is 2.43. The van der Waals surface area contributed by atoms with E-state index in [1.54, 1.807) is 0 Å². The summed E-state index contributed by atoms with van der Waals surface area (Å²) in [4.78, 5) is 2.24. The van der Waals surface area contributed by atoms with Crippen LogP contribution in [0.5, 0.6) is 0 Å². The number of nitrogens with zero attached hydrogens (tertiary/aromatic N) is 1. The highest BCUT2D eigenvalue weighted by Crippen LogP contribution is 2.47. The van der Waals surface area contributed by atoms with Crippen molar-refractivity contribution >= 4 is 0 Å². The number of aliphatic hydroxyl groups is 1. The van der Waals surface area contributed by atoms with Crippen LogP contribution >= 0.6 is 0 Å². The average Bonchev–Trinajstić information content (AvgIpc) is 2.62. The number of rotatable bonds is 3. The van der Waals surface area contributed by atoms with Crippen molar-refractivity contribution in [1.82, 2.24) is 4.90 Å². The molecule has 0 amide bonds.